The van der Waals surface area contributed by atoms with Crippen molar-refractivity contribution in [2.75, 3.05) is 0 Å². The Bertz CT molecular complexity index is 556. The van der Waals surface area contributed by atoms with Crippen molar-refractivity contribution in [2.24, 2.45) is 5.73 Å². The van der Waals surface area contributed by atoms with Gasteiger partial charge < -0.3 is 5.73 Å². The highest BCUT2D eigenvalue weighted by molar-refractivity contribution is 8.00. The Morgan fingerprint density at radius 2 is 2.30 bits per heavy atom. The molecule has 5 heteroatoms. The fraction of sp³-hybridized carbons (Fsp3) is 0.467. The molecule has 0 spiro atoms. The second-order valence-corrected chi connectivity index (χ2v) is 6.52. The van der Waals surface area contributed by atoms with Crippen LogP contribution in [-0.2, 0) is 19.4 Å². The molecule has 0 amide bonds. The van der Waals surface area contributed by atoms with Gasteiger partial charge in [0.15, 0.2) is 0 Å². The summed E-state index contributed by atoms with van der Waals surface area (Å²) in [4.78, 5) is 5.74. The zero-order valence-corrected chi connectivity index (χ0v) is 12.5. The molecule has 4 nitrogen and oxygen atoms in total. The van der Waals surface area contributed by atoms with Gasteiger partial charge in [0.05, 0.1) is 0 Å². The summed E-state index contributed by atoms with van der Waals surface area (Å²) < 4.78 is 1.98. The monoisotopic (exact) mass is 288 g/mol. The molecule has 2 unspecified atom stereocenters. The molecular weight excluding hydrogens is 268 g/mol. The number of nitrogens with two attached hydrogens (primary N) is 1. The van der Waals surface area contributed by atoms with E-state index in [1.165, 1.54) is 10.5 Å². The third kappa shape index (κ3) is 2.74. The molecule has 0 fully saturated rings. The van der Waals surface area contributed by atoms with Gasteiger partial charge in [0.25, 0.3) is 0 Å². The van der Waals surface area contributed by atoms with Crippen LogP contribution in [0.3, 0.4) is 0 Å². The van der Waals surface area contributed by atoms with Crippen LogP contribution in [0.25, 0.3) is 0 Å². The van der Waals surface area contributed by atoms with Crippen molar-refractivity contribution in [1.82, 2.24) is 14.8 Å². The van der Waals surface area contributed by atoms with E-state index in [4.69, 9.17) is 5.73 Å². The number of hydrogen-bond donors (Lipinski definition) is 1. The predicted octanol–water partition coefficient (Wildman–Crippen LogP) is 2.27. The Labute approximate surface area is 123 Å². The minimum atomic E-state index is 0.118. The van der Waals surface area contributed by atoms with E-state index >= 15 is 0 Å². The molecule has 1 aromatic heterocycles. The Morgan fingerprint density at radius 3 is 3.10 bits per heavy atom. The molecule has 1 aromatic carbocycles. The SMILES string of the molecule is CCCn1ncnc1CC(N)C1Cc2ccccc2S1. The van der Waals surface area contributed by atoms with E-state index in [1.807, 2.05) is 16.4 Å². The van der Waals surface area contributed by atoms with E-state index in [0.29, 0.717) is 5.25 Å². The summed E-state index contributed by atoms with van der Waals surface area (Å²) in [5.74, 6) is 1.01. The first-order valence-corrected chi connectivity index (χ1v) is 8.02. The second-order valence-electron chi connectivity index (χ2n) is 5.24. The lowest BCUT2D eigenvalue weighted by Crippen LogP contribution is -2.35. The maximum Gasteiger partial charge on any atom is 0.138 e. The lowest BCUT2D eigenvalue weighted by molar-refractivity contribution is 0.534. The molecule has 1 aliphatic rings. The standard InChI is InChI=1S/C15H20N4S/c1-2-7-19-15(17-10-18-19)9-12(16)14-8-11-5-3-4-6-13(11)20-14/h3-6,10,12,14H,2,7-9,16H2,1H3. The largest absolute Gasteiger partial charge is 0.326 e. The van der Waals surface area contributed by atoms with Crippen molar-refractivity contribution in [1.29, 1.82) is 0 Å². The number of fused-ring (bicyclic) bond motifs is 1. The first-order chi connectivity index (χ1) is 9.78. The second kappa shape index (κ2) is 5.97. The molecule has 20 heavy (non-hydrogen) atoms. The lowest BCUT2D eigenvalue weighted by atomic mass is 10.0. The van der Waals surface area contributed by atoms with Crippen molar-refractivity contribution in [3.05, 3.63) is 42.0 Å². The first kappa shape index (κ1) is 13.6. The minimum absolute atomic E-state index is 0.118. The Kier molecular flexibility index (Phi) is 4.08. The van der Waals surface area contributed by atoms with Gasteiger partial charge in [-0.15, -0.1) is 11.8 Å². The van der Waals surface area contributed by atoms with Gasteiger partial charge in [-0.25, -0.2) is 4.98 Å². The molecule has 2 heterocycles. The van der Waals surface area contributed by atoms with E-state index in [1.54, 1.807) is 6.33 Å². The third-order valence-corrected chi connectivity index (χ3v) is 5.17. The summed E-state index contributed by atoms with van der Waals surface area (Å²) in [5, 5.41) is 4.71. The highest BCUT2D eigenvalue weighted by atomic mass is 32.2. The number of benzene rings is 1. The van der Waals surface area contributed by atoms with Crippen molar-refractivity contribution in [3.63, 3.8) is 0 Å². The quantitative estimate of drug-likeness (QED) is 0.917. The fourth-order valence-corrected chi connectivity index (χ4v) is 3.95. The van der Waals surface area contributed by atoms with Gasteiger partial charge in [-0.05, 0) is 24.5 Å². The molecule has 2 N–H and O–H groups in total. The molecule has 3 rings (SSSR count). The molecule has 1 aliphatic heterocycles. The highest BCUT2D eigenvalue weighted by Crippen LogP contribution is 2.38. The van der Waals surface area contributed by atoms with E-state index < -0.39 is 0 Å². The zero-order valence-electron chi connectivity index (χ0n) is 11.7. The van der Waals surface area contributed by atoms with Crippen molar-refractivity contribution < 1.29 is 0 Å². The molecule has 106 valence electrons. The summed E-state index contributed by atoms with van der Waals surface area (Å²) in [6.07, 6.45) is 4.55. The average molecular weight is 288 g/mol. The smallest absolute Gasteiger partial charge is 0.138 e. The normalized spacial score (nSPS) is 19.0. The van der Waals surface area contributed by atoms with Gasteiger partial charge >= 0.3 is 0 Å². The minimum Gasteiger partial charge on any atom is -0.326 e. The number of hydrogen-bond acceptors (Lipinski definition) is 4. The number of thioether (sulfide) groups is 1. The molecule has 0 saturated heterocycles. The van der Waals surface area contributed by atoms with Crippen molar-refractivity contribution in [2.45, 2.75) is 48.9 Å². The van der Waals surface area contributed by atoms with Gasteiger partial charge in [0.1, 0.15) is 12.2 Å². The number of rotatable bonds is 5. The maximum atomic E-state index is 6.41. The Balaban J connectivity index is 1.66. The Hall–Kier alpha value is -1.33. The van der Waals surface area contributed by atoms with Crippen molar-refractivity contribution >= 4 is 11.8 Å². The number of aromatic nitrogens is 3. The molecule has 0 bridgehead atoms. The molecule has 0 radical (unpaired) electrons. The van der Waals surface area contributed by atoms with Crippen LogP contribution in [0.2, 0.25) is 0 Å². The van der Waals surface area contributed by atoms with Crippen LogP contribution in [0.4, 0.5) is 0 Å². The molecular formula is C15H20N4S. The van der Waals surface area contributed by atoms with Crippen molar-refractivity contribution in [3.8, 4) is 0 Å². The topological polar surface area (TPSA) is 56.7 Å². The van der Waals surface area contributed by atoms with Gasteiger partial charge in [-0.2, -0.15) is 5.10 Å². The van der Waals surface area contributed by atoms with Crippen LogP contribution in [0.1, 0.15) is 24.7 Å². The summed E-state index contributed by atoms with van der Waals surface area (Å²) in [5.41, 5.74) is 7.84. The van der Waals surface area contributed by atoms with Crippen LogP contribution in [0, 0.1) is 0 Å². The summed E-state index contributed by atoms with van der Waals surface area (Å²) in [6, 6.07) is 8.70. The van der Waals surface area contributed by atoms with Gasteiger partial charge in [0.2, 0.25) is 0 Å². The summed E-state index contributed by atoms with van der Waals surface area (Å²) in [7, 11) is 0. The van der Waals surface area contributed by atoms with Gasteiger partial charge in [-0.3, -0.25) is 4.68 Å². The molecule has 0 saturated carbocycles. The van der Waals surface area contributed by atoms with Crippen LogP contribution < -0.4 is 5.73 Å². The summed E-state index contributed by atoms with van der Waals surface area (Å²) >= 11 is 1.90. The predicted molar refractivity (Wildman–Crippen MR) is 81.8 cm³/mol. The van der Waals surface area contributed by atoms with Crippen LogP contribution in [-0.4, -0.2) is 26.1 Å². The molecule has 2 aromatic rings. The van der Waals surface area contributed by atoms with Crippen LogP contribution in [0.15, 0.2) is 35.5 Å². The average Bonchev–Trinajstić information content (AvgIpc) is 3.06. The van der Waals surface area contributed by atoms with E-state index in [0.717, 1.165) is 31.6 Å². The lowest BCUT2D eigenvalue weighted by Gasteiger charge is -2.18. The Morgan fingerprint density at radius 1 is 1.45 bits per heavy atom. The van der Waals surface area contributed by atoms with Crippen LogP contribution in [0.5, 0.6) is 0 Å². The van der Waals surface area contributed by atoms with Gasteiger partial charge in [0, 0.05) is 29.2 Å². The third-order valence-electron chi connectivity index (χ3n) is 3.70. The number of nitrogens with zero attached hydrogens (tertiary/aromatic N) is 3. The number of aryl methyl sites for hydroxylation is 1. The van der Waals surface area contributed by atoms with E-state index in [2.05, 4.69) is 41.3 Å². The summed E-state index contributed by atoms with van der Waals surface area (Å²) in [6.45, 7) is 3.06. The fourth-order valence-electron chi connectivity index (χ4n) is 2.63. The maximum absolute atomic E-state index is 6.41. The molecule has 2 atom stereocenters. The van der Waals surface area contributed by atoms with E-state index in [9.17, 15) is 0 Å². The van der Waals surface area contributed by atoms with E-state index in [-0.39, 0.29) is 6.04 Å². The zero-order chi connectivity index (χ0) is 13.9. The highest BCUT2D eigenvalue weighted by Gasteiger charge is 2.28. The van der Waals surface area contributed by atoms with Crippen LogP contribution >= 0.6 is 11.8 Å². The molecule has 0 aliphatic carbocycles. The van der Waals surface area contributed by atoms with Gasteiger partial charge in [-0.1, -0.05) is 25.1 Å². The first-order valence-electron chi connectivity index (χ1n) is 7.14.